The van der Waals surface area contributed by atoms with Gasteiger partial charge in [-0.3, -0.25) is 14.9 Å². The number of aliphatic carboxylic acids is 1. The second kappa shape index (κ2) is 6.71. The molecule has 25 heavy (non-hydrogen) atoms. The lowest BCUT2D eigenvalue weighted by Crippen LogP contribution is -2.62. The van der Waals surface area contributed by atoms with Crippen LogP contribution in [0.15, 0.2) is 11.6 Å². The van der Waals surface area contributed by atoms with Crippen molar-refractivity contribution in [3.05, 3.63) is 11.6 Å². The summed E-state index contributed by atoms with van der Waals surface area (Å²) >= 11 is 0. The SMILES string of the molecule is O=C(O)C1CCC2C(=O)N3CC/C(=C\C4CCCC(F)C4)C3NC2C1. The Balaban J connectivity index is 1.50. The lowest BCUT2D eigenvalue weighted by molar-refractivity contribution is -0.150. The molecule has 1 amide bonds. The van der Waals surface area contributed by atoms with Gasteiger partial charge in [0.25, 0.3) is 0 Å². The van der Waals surface area contributed by atoms with E-state index < -0.39 is 12.1 Å². The number of carboxylic acids is 1. The third-order valence-electron chi connectivity index (χ3n) is 6.58. The summed E-state index contributed by atoms with van der Waals surface area (Å²) in [4.78, 5) is 26.1. The van der Waals surface area contributed by atoms with Gasteiger partial charge in [0.1, 0.15) is 12.3 Å². The molecule has 2 aliphatic carbocycles. The number of halogens is 1. The number of carboxylic acid groups (broad SMARTS) is 1. The third-order valence-corrected chi connectivity index (χ3v) is 6.58. The molecule has 5 nitrogen and oxygen atoms in total. The number of carbonyl (C=O) groups excluding carboxylic acids is 1. The molecule has 2 heterocycles. The Bertz CT molecular complexity index is 593. The van der Waals surface area contributed by atoms with Crippen LogP contribution in [0.4, 0.5) is 4.39 Å². The van der Waals surface area contributed by atoms with Crippen LogP contribution >= 0.6 is 0 Å². The topological polar surface area (TPSA) is 69.6 Å². The number of carbonyl (C=O) groups is 2. The van der Waals surface area contributed by atoms with Crippen LogP contribution in [-0.4, -0.2) is 46.8 Å². The second-order valence-electron chi connectivity index (χ2n) is 8.18. The maximum absolute atomic E-state index is 13.7. The summed E-state index contributed by atoms with van der Waals surface area (Å²) in [6.45, 7) is 0.722. The van der Waals surface area contributed by atoms with Crippen molar-refractivity contribution in [1.29, 1.82) is 0 Å². The monoisotopic (exact) mass is 350 g/mol. The minimum absolute atomic E-state index is 0.0506. The number of nitrogens with zero attached hydrogens (tertiary/aromatic N) is 1. The molecule has 0 aromatic rings. The van der Waals surface area contributed by atoms with Crippen molar-refractivity contribution in [2.24, 2.45) is 17.8 Å². The van der Waals surface area contributed by atoms with Gasteiger partial charge >= 0.3 is 5.97 Å². The highest BCUT2D eigenvalue weighted by Gasteiger charge is 2.48. The van der Waals surface area contributed by atoms with Gasteiger partial charge in [-0.1, -0.05) is 6.08 Å². The van der Waals surface area contributed by atoms with Crippen LogP contribution in [0.25, 0.3) is 0 Å². The molecule has 0 bridgehead atoms. The quantitative estimate of drug-likeness (QED) is 0.751. The Morgan fingerprint density at radius 3 is 2.84 bits per heavy atom. The Morgan fingerprint density at radius 1 is 1.24 bits per heavy atom. The molecule has 2 saturated heterocycles. The van der Waals surface area contributed by atoms with Crippen LogP contribution in [-0.2, 0) is 9.59 Å². The number of allylic oxidation sites excluding steroid dienone is 1. The van der Waals surface area contributed by atoms with Crippen LogP contribution in [0.2, 0.25) is 0 Å². The smallest absolute Gasteiger partial charge is 0.306 e. The van der Waals surface area contributed by atoms with E-state index in [0.717, 1.165) is 25.8 Å². The van der Waals surface area contributed by atoms with Gasteiger partial charge in [-0.05, 0) is 62.9 Å². The molecule has 2 aliphatic heterocycles. The molecule has 4 fully saturated rings. The molecule has 2 saturated carbocycles. The van der Waals surface area contributed by atoms with E-state index in [2.05, 4.69) is 11.4 Å². The molecule has 4 aliphatic rings. The van der Waals surface area contributed by atoms with E-state index in [0.29, 0.717) is 32.1 Å². The van der Waals surface area contributed by atoms with Gasteiger partial charge < -0.3 is 10.0 Å². The lowest BCUT2D eigenvalue weighted by Gasteiger charge is -2.45. The second-order valence-corrected chi connectivity index (χ2v) is 8.18. The number of nitrogens with one attached hydrogen (secondary N) is 1. The summed E-state index contributed by atoms with van der Waals surface area (Å²) in [5.41, 5.74) is 1.20. The van der Waals surface area contributed by atoms with Crippen molar-refractivity contribution >= 4 is 11.9 Å². The normalized spacial score (nSPS) is 43.0. The van der Waals surface area contributed by atoms with E-state index in [-0.39, 0.29) is 35.9 Å². The molecule has 138 valence electrons. The van der Waals surface area contributed by atoms with Gasteiger partial charge in [0.15, 0.2) is 0 Å². The minimum Gasteiger partial charge on any atom is -0.481 e. The van der Waals surface area contributed by atoms with E-state index in [1.165, 1.54) is 5.57 Å². The van der Waals surface area contributed by atoms with Crippen molar-refractivity contribution in [3.63, 3.8) is 0 Å². The van der Waals surface area contributed by atoms with Gasteiger partial charge in [0.05, 0.1) is 11.8 Å². The maximum Gasteiger partial charge on any atom is 0.306 e. The average molecular weight is 350 g/mol. The summed E-state index contributed by atoms with van der Waals surface area (Å²) in [6.07, 6.45) is 7.23. The zero-order chi connectivity index (χ0) is 17.6. The highest BCUT2D eigenvalue weighted by Crippen LogP contribution is 2.39. The third kappa shape index (κ3) is 3.21. The zero-order valence-electron chi connectivity index (χ0n) is 14.5. The van der Waals surface area contributed by atoms with Gasteiger partial charge in [-0.25, -0.2) is 4.39 Å². The summed E-state index contributed by atoms with van der Waals surface area (Å²) in [7, 11) is 0. The Kier molecular flexibility index (Phi) is 4.56. The molecule has 2 N–H and O–H groups in total. The van der Waals surface area contributed by atoms with E-state index in [9.17, 15) is 19.1 Å². The number of alkyl halides is 1. The molecule has 6 unspecified atom stereocenters. The van der Waals surface area contributed by atoms with Crippen LogP contribution < -0.4 is 5.32 Å². The zero-order valence-corrected chi connectivity index (χ0v) is 14.5. The lowest BCUT2D eigenvalue weighted by atomic mass is 9.76. The van der Waals surface area contributed by atoms with Gasteiger partial charge in [-0.2, -0.15) is 0 Å². The predicted molar refractivity (Wildman–Crippen MR) is 90.4 cm³/mol. The number of fused-ring (bicyclic) bond motifs is 2. The first kappa shape index (κ1) is 17.0. The fourth-order valence-electron chi connectivity index (χ4n) is 5.23. The number of rotatable bonds is 2. The number of amides is 1. The average Bonchev–Trinajstić information content (AvgIpc) is 2.97. The highest BCUT2D eigenvalue weighted by atomic mass is 19.1. The fraction of sp³-hybridized carbons (Fsp3) is 0.789. The maximum atomic E-state index is 13.7. The largest absolute Gasteiger partial charge is 0.481 e. The molecule has 4 rings (SSSR count). The number of hydrogen-bond donors (Lipinski definition) is 2. The summed E-state index contributed by atoms with van der Waals surface area (Å²) < 4.78 is 13.7. The summed E-state index contributed by atoms with van der Waals surface area (Å²) in [5.74, 6) is -0.753. The van der Waals surface area contributed by atoms with E-state index in [4.69, 9.17) is 0 Å². The summed E-state index contributed by atoms with van der Waals surface area (Å²) in [6, 6.07) is -0.0506. The van der Waals surface area contributed by atoms with E-state index in [1.54, 1.807) is 0 Å². The first-order chi connectivity index (χ1) is 12.0. The molecule has 0 aromatic heterocycles. The van der Waals surface area contributed by atoms with E-state index in [1.807, 2.05) is 4.90 Å². The van der Waals surface area contributed by atoms with Crippen LogP contribution in [0.1, 0.15) is 51.4 Å². The minimum atomic E-state index is -0.756. The van der Waals surface area contributed by atoms with Crippen LogP contribution in [0.5, 0.6) is 0 Å². The Labute approximate surface area is 147 Å². The molecule has 0 radical (unpaired) electrons. The fourth-order valence-corrected chi connectivity index (χ4v) is 5.23. The molecule has 0 aromatic carbocycles. The standard InChI is InChI=1S/C19H27FN2O3/c20-14-3-1-2-11(9-14)8-12-6-7-22-17(12)21-16-10-13(19(24)25)4-5-15(16)18(22)23/h8,11,13-17,21H,1-7,9-10H2,(H,24,25)/b12-8+. The molecular formula is C19H27FN2O3. The van der Waals surface area contributed by atoms with E-state index >= 15 is 0 Å². The van der Waals surface area contributed by atoms with Gasteiger partial charge in [-0.15, -0.1) is 0 Å². The molecule has 0 spiro atoms. The van der Waals surface area contributed by atoms with Crippen molar-refractivity contribution in [1.82, 2.24) is 10.2 Å². The molecular weight excluding hydrogens is 323 g/mol. The molecule has 6 heteroatoms. The number of hydrogen-bond acceptors (Lipinski definition) is 3. The molecule has 6 atom stereocenters. The predicted octanol–water partition coefficient (Wildman–Crippen LogP) is 2.47. The van der Waals surface area contributed by atoms with Crippen molar-refractivity contribution < 1.29 is 19.1 Å². The van der Waals surface area contributed by atoms with Crippen molar-refractivity contribution in [2.45, 2.75) is 69.7 Å². The Hall–Kier alpha value is -1.43. The summed E-state index contributed by atoms with van der Waals surface area (Å²) in [5, 5.41) is 12.9. The highest BCUT2D eigenvalue weighted by molar-refractivity contribution is 5.82. The van der Waals surface area contributed by atoms with Gasteiger partial charge in [0, 0.05) is 12.6 Å². The van der Waals surface area contributed by atoms with Crippen molar-refractivity contribution in [2.75, 3.05) is 6.54 Å². The first-order valence-corrected chi connectivity index (χ1v) is 9.67. The van der Waals surface area contributed by atoms with Crippen molar-refractivity contribution in [3.8, 4) is 0 Å². The van der Waals surface area contributed by atoms with Crippen LogP contribution in [0, 0.1) is 17.8 Å². The first-order valence-electron chi connectivity index (χ1n) is 9.67. The Morgan fingerprint density at radius 2 is 2.08 bits per heavy atom. The van der Waals surface area contributed by atoms with Gasteiger partial charge in [0.2, 0.25) is 5.91 Å². The van der Waals surface area contributed by atoms with Crippen LogP contribution in [0.3, 0.4) is 0 Å².